The number of halogens is 2. The van der Waals surface area contributed by atoms with Gasteiger partial charge in [-0.2, -0.15) is 20.4 Å². The first-order valence-electron chi connectivity index (χ1n) is 43.7. The Labute approximate surface area is 771 Å². The van der Waals surface area contributed by atoms with Gasteiger partial charge >= 0.3 is 0 Å². The highest BCUT2D eigenvalue weighted by molar-refractivity contribution is 6.06. The van der Waals surface area contributed by atoms with E-state index in [1.54, 1.807) is 62.6 Å². The summed E-state index contributed by atoms with van der Waals surface area (Å²) in [6.07, 6.45) is 5.60. The van der Waals surface area contributed by atoms with Gasteiger partial charge in [0.1, 0.15) is 85.6 Å². The number of anilines is 4. The molecule has 14 aromatic rings. The summed E-state index contributed by atoms with van der Waals surface area (Å²) in [7, 11) is 0. The Morgan fingerprint density at radius 1 is 0.381 bits per heavy atom. The van der Waals surface area contributed by atoms with Crippen LogP contribution in [0.25, 0.3) is 50.7 Å². The third-order valence-electron chi connectivity index (χ3n) is 24.2. The van der Waals surface area contributed by atoms with Gasteiger partial charge in [-0.05, 0) is 164 Å². The molecule has 0 bridgehead atoms. The Hall–Kier alpha value is -16.2. The van der Waals surface area contributed by atoms with Crippen LogP contribution in [-0.2, 0) is 30.9 Å². The predicted molar refractivity (Wildman–Crippen MR) is 509 cm³/mol. The number of hydrogen-bond acceptors (Lipinski definition) is 18. The molecule has 2 fully saturated rings. The normalized spacial score (nSPS) is 13.9. The summed E-state index contributed by atoms with van der Waals surface area (Å²) in [5, 5.41) is 40.5. The maximum Gasteiger partial charge on any atom is 0.254 e. The van der Waals surface area contributed by atoms with Gasteiger partial charge in [0.05, 0.1) is 24.2 Å². The molecular formula is C102H104F2N20O10. The number of aliphatic hydroxyl groups is 1. The lowest BCUT2D eigenvalue weighted by Crippen LogP contribution is -2.24. The molecule has 2 aliphatic carbocycles. The van der Waals surface area contributed by atoms with Crippen LogP contribution in [0.3, 0.4) is 0 Å². The summed E-state index contributed by atoms with van der Waals surface area (Å²) in [6, 6.07) is 67.6. The first kappa shape index (κ1) is 93.9. The third-order valence-corrected chi connectivity index (χ3v) is 24.2. The summed E-state index contributed by atoms with van der Waals surface area (Å²) in [4.78, 5) is 98.7. The van der Waals surface area contributed by atoms with Crippen molar-refractivity contribution in [2.45, 2.75) is 130 Å². The van der Waals surface area contributed by atoms with Crippen molar-refractivity contribution in [1.29, 1.82) is 0 Å². The Morgan fingerprint density at radius 3 is 1.13 bits per heavy atom. The number of primary amides is 4. The zero-order chi connectivity index (χ0) is 95.3. The number of aliphatic hydroxyl groups excluding tert-OH is 1. The van der Waals surface area contributed by atoms with E-state index in [0.29, 0.717) is 95.5 Å². The number of benzene rings is 10. The Morgan fingerprint density at radius 2 is 0.724 bits per heavy atom. The van der Waals surface area contributed by atoms with Crippen molar-refractivity contribution < 1.29 is 57.0 Å². The van der Waals surface area contributed by atoms with Crippen LogP contribution < -0.4 is 67.1 Å². The van der Waals surface area contributed by atoms with Gasteiger partial charge in [-0.25, -0.2) is 27.5 Å². The minimum absolute atomic E-state index is 0.0755. The van der Waals surface area contributed by atoms with Crippen LogP contribution in [0.4, 0.5) is 32.1 Å². The lowest BCUT2D eigenvalue weighted by molar-refractivity contribution is 0.0669. The monoisotopic (exact) mass is 1810 g/mol. The van der Waals surface area contributed by atoms with E-state index in [4.69, 9.17) is 55.7 Å². The molecule has 17 rings (SSSR count). The fourth-order valence-electron chi connectivity index (χ4n) is 16.9. The van der Waals surface area contributed by atoms with Gasteiger partial charge in [-0.15, -0.1) is 0 Å². The fraction of sp³-hybridized carbons (Fsp3) is 0.216. The molecule has 1 saturated heterocycles. The van der Waals surface area contributed by atoms with E-state index in [9.17, 15) is 52.2 Å². The van der Waals surface area contributed by atoms with Crippen LogP contribution in [0.15, 0.2) is 231 Å². The number of aryl methyl sites for hydroxylation is 5. The zero-order valence-corrected chi connectivity index (χ0v) is 74.5. The van der Waals surface area contributed by atoms with E-state index < -0.39 is 41.4 Å². The van der Waals surface area contributed by atoms with Crippen molar-refractivity contribution in [2.24, 2.45) is 22.9 Å². The molecule has 686 valence electrons. The summed E-state index contributed by atoms with van der Waals surface area (Å²) in [5.41, 5.74) is 64.5. The second kappa shape index (κ2) is 41.7. The van der Waals surface area contributed by atoms with Crippen LogP contribution in [-0.4, -0.2) is 105 Å². The van der Waals surface area contributed by atoms with Gasteiger partial charge in [-0.3, -0.25) is 38.4 Å². The Balaban J connectivity index is 0.000000144. The molecule has 10 aromatic carbocycles. The highest BCUT2D eigenvalue weighted by Gasteiger charge is 2.36. The van der Waals surface area contributed by atoms with Crippen LogP contribution >= 0.6 is 0 Å². The molecule has 3 aliphatic rings. The first-order valence-corrected chi connectivity index (χ1v) is 43.7. The quantitative estimate of drug-likeness (QED) is 0.0267. The maximum absolute atomic E-state index is 14.3. The number of carbonyl (C=O) groups excluding carboxylic acids is 8. The molecular weight excluding hydrogens is 1700 g/mol. The number of nitrogens with one attached hydrogen (secondary N) is 4. The van der Waals surface area contributed by atoms with Crippen LogP contribution in [0.5, 0.6) is 0 Å². The number of nitrogens with zero attached hydrogens (tertiary/aromatic N) is 8. The number of fused-ring (bicyclic) bond motifs is 1. The van der Waals surface area contributed by atoms with Gasteiger partial charge < -0.3 is 77.0 Å². The number of nitrogens with two attached hydrogens (primary N) is 8. The molecule has 2 atom stereocenters. The molecule has 8 amide bonds. The van der Waals surface area contributed by atoms with Gasteiger partial charge in [0.15, 0.2) is 0 Å². The molecule has 0 spiro atoms. The minimum atomic E-state index is -0.856. The maximum atomic E-state index is 14.3. The lowest BCUT2D eigenvalue weighted by Gasteiger charge is -2.23. The Bertz CT molecular complexity index is 6770. The van der Waals surface area contributed by atoms with Crippen molar-refractivity contribution in [3.63, 3.8) is 0 Å². The number of rotatable bonds is 24. The van der Waals surface area contributed by atoms with Crippen molar-refractivity contribution >= 4 is 70.5 Å². The molecule has 4 aromatic heterocycles. The van der Waals surface area contributed by atoms with Gasteiger partial charge in [0, 0.05) is 96.4 Å². The number of aromatic nitrogens is 8. The van der Waals surface area contributed by atoms with Crippen molar-refractivity contribution in [3.05, 3.63) is 348 Å². The summed E-state index contributed by atoms with van der Waals surface area (Å²) in [6.45, 7) is 12.2. The zero-order valence-electron chi connectivity index (χ0n) is 74.5. The van der Waals surface area contributed by atoms with Gasteiger partial charge in [-0.1, -0.05) is 195 Å². The van der Waals surface area contributed by atoms with Gasteiger partial charge in [0.25, 0.3) is 47.3 Å². The van der Waals surface area contributed by atoms with E-state index in [-0.39, 0.29) is 99.4 Å². The van der Waals surface area contributed by atoms with E-state index in [2.05, 4.69) is 36.6 Å². The second-order valence-electron chi connectivity index (χ2n) is 33.1. The van der Waals surface area contributed by atoms with Crippen molar-refractivity contribution in [3.8, 4) is 50.7 Å². The van der Waals surface area contributed by atoms with E-state index in [1.807, 2.05) is 198 Å². The molecule has 30 nitrogen and oxygen atoms in total. The highest BCUT2D eigenvalue weighted by atomic mass is 19.1. The SMILES string of the molecule is Cc1cc(-c2nn(C3CCCC3)c(N)c2C(N)=O)ccc1CNC(=O)c1ccccc1C.Cc1ccccc1C(=O)NCc1ccc(-c2nn(-c3cc(F)ccc3F)c(N)c2C(N)=O)cc1.Cc1ccccc1C(=O)NCc1ccc(-c2nn(C3CC(O)c4ccccc43)c(N)c2C(N)=O)cc1.Cc1ccccc1C(=O)NCc1ccc(-c2nn(C3CCOCC3)c(N)c2C(N)=O)cc1. The molecule has 21 N–H and O–H groups in total. The summed E-state index contributed by atoms with van der Waals surface area (Å²) < 4.78 is 39.4. The fourth-order valence-corrected chi connectivity index (χ4v) is 16.9. The standard InChI is InChI=1S/C28H27N5O3.C25H21F2N5O2.C25H29N5O2.C24H27N5O3/c1-16-6-2-3-7-19(16)28(36)31-15-17-10-12-18(13-11-17)25-24(27(30)35)26(29)33(32-25)22-14-23(34)21-9-5-4-8-20(21)22;1-14-4-2-3-5-18(14)25(34)30-13-15-6-8-16(9-7-15)22-21(24(29)33)23(28)32(31-22)20-12-17(26)10-11-19(20)27;1-15-7-3-6-10-20(15)25(32)28-14-18-12-11-17(13-16(18)2)22-21(24(27)31)23(26)30(29-22)19-8-4-5-9-19;1-15-4-2-3-5-19(15)24(31)27-14-16-6-8-17(9-7-16)21-20(23(26)30)22(25)29(28-21)18-10-12-32-13-11-18/h2-13,22-23,34H,14-15,29H2,1H3,(H2,30,35)(H,31,36);2-12H,13,28H2,1H3,(H2,29,33)(H,30,34);3,6-7,10-13,19H,4-5,8-9,14,26H2,1-2H3,(H2,27,31)(H,28,32);2-9,18H,10-14,25H2,1H3,(H2,26,30)(H,27,31). The second-order valence-corrected chi connectivity index (χ2v) is 33.1. The van der Waals surface area contributed by atoms with Gasteiger partial charge in [0.2, 0.25) is 0 Å². The topological polar surface area (TPSA) is 494 Å². The minimum Gasteiger partial charge on any atom is -0.388 e. The number of amides is 8. The third kappa shape index (κ3) is 21.0. The number of nitrogen functional groups attached to an aromatic ring is 4. The van der Waals surface area contributed by atoms with Crippen molar-refractivity contribution in [1.82, 2.24) is 60.4 Å². The average molecular weight is 1810 g/mol. The highest BCUT2D eigenvalue weighted by Crippen LogP contribution is 2.44. The van der Waals surface area contributed by atoms with Crippen LogP contribution in [0, 0.1) is 46.3 Å². The molecule has 32 heteroatoms. The van der Waals surface area contributed by atoms with Crippen molar-refractivity contribution in [2.75, 3.05) is 36.1 Å². The molecule has 1 saturated carbocycles. The van der Waals surface area contributed by atoms with Crippen LogP contribution in [0.2, 0.25) is 0 Å². The van der Waals surface area contributed by atoms with E-state index >= 15 is 0 Å². The summed E-state index contributed by atoms with van der Waals surface area (Å²) in [5.74, 6) is -4.14. The predicted octanol–water partition coefficient (Wildman–Crippen LogP) is 13.9. The Kier molecular flexibility index (Phi) is 29.2. The van der Waals surface area contributed by atoms with Crippen LogP contribution in [0.1, 0.15) is 213 Å². The molecule has 5 heterocycles. The molecule has 1 aliphatic heterocycles. The summed E-state index contributed by atoms with van der Waals surface area (Å²) >= 11 is 0. The first-order chi connectivity index (χ1) is 64.4. The number of carbonyl (C=O) groups is 8. The average Bonchev–Trinajstić information content (AvgIpc) is 1.61. The largest absolute Gasteiger partial charge is 0.388 e. The van der Waals surface area contributed by atoms with E-state index in [0.717, 1.165) is 134 Å². The molecule has 2 unspecified atom stereocenters. The number of hydrogen-bond donors (Lipinski definition) is 13. The smallest absolute Gasteiger partial charge is 0.254 e. The lowest BCUT2D eigenvalue weighted by atomic mass is 10.0. The number of ether oxygens (including phenoxy) is 1. The molecule has 0 radical (unpaired) electrons. The molecule has 134 heavy (non-hydrogen) atoms. The van der Waals surface area contributed by atoms with E-state index in [1.165, 1.54) is 0 Å².